The van der Waals surface area contributed by atoms with Crippen molar-refractivity contribution in [3.05, 3.63) is 40.1 Å². The standard InChI is InChI=1S/C10H7N3O3/c14-13(15)8-3-1-2-7-9-6(4-11-12-9)5-16-10(7)8/h1-4H,5H2,(H,11,12). The zero-order valence-electron chi connectivity index (χ0n) is 8.14. The van der Waals surface area contributed by atoms with Crippen molar-refractivity contribution in [2.45, 2.75) is 6.61 Å². The third-order valence-corrected chi connectivity index (χ3v) is 2.55. The van der Waals surface area contributed by atoms with Crippen molar-refractivity contribution in [3.8, 4) is 17.0 Å². The molecule has 0 unspecified atom stereocenters. The summed E-state index contributed by atoms with van der Waals surface area (Å²) in [6.07, 6.45) is 1.66. The summed E-state index contributed by atoms with van der Waals surface area (Å²) >= 11 is 0. The van der Waals surface area contributed by atoms with Crippen LogP contribution in [0.15, 0.2) is 24.4 Å². The topological polar surface area (TPSA) is 81.1 Å². The lowest BCUT2D eigenvalue weighted by Crippen LogP contribution is -2.06. The zero-order chi connectivity index (χ0) is 11.1. The molecular formula is C10H7N3O3. The first-order chi connectivity index (χ1) is 7.77. The highest BCUT2D eigenvalue weighted by Crippen LogP contribution is 2.41. The maximum Gasteiger partial charge on any atom is 0.311 e. The molecule has 16 heavy (non-hydrogen) atoms. The minimum Gasteiger partial charge on any atom is -0.481 e. The summed E-state index contributed by atoms with van der Waals surface area (Å²) in [5.41, 5.74) is 2.38. The molecule has 2 aromatic rings. The summed E-state index contributed by atoms with van der Waals surface area (Å²) in [6.45, 7) is 0.309. The average molecular weight is 217 g/mol. The average Bonchev–Trinajstić information content (AvgIpc) is 2.76. The molecule has 80 valence electrons. The first kappa shape index (κ1) is 8.90. The number of rotatable bonds is 1. The fourth-order valence-electron chi connectivity index (χ4n) is 1.82. The largest absolute Gasteiger partial charge is 0.481 e. The molecule has 0 saturated carbocycles. The highest BCUT2D eigenvalue weighted by atomic mass is 16.6. The fraction of sp³-hybridized carbons (Fsp3) is 0.100. The molecule has 1 aliphatic heterocycles. The Kier molecular flexibility index (Phi) is 1.70. The number of para-hydroxylation sites is 1. The van der Waals surface area contributed by atoms with E-state index < -0.39 is 4.92 Å². The number of nitro groups is 1. The number of benzene rings is 1. The highest BCUT2D eigenvalue weighted by Gasteiger charge is 2.26. The van der Waals surface area contributed by atoms with Gasteiger partial charge in [0.05, 0.1) is 16.8 Å². The van der Waals surface area contributed by atoms with Crippen molar-refractivity contribution >= 4 is 5.69 Å². The molecule has 2 heterocycles. The molecule has 3 rings (SSSR count). The molecule has 1 aliphatic rings. The van der Waals surface area contributed by atoms with E-state index in [-0.39, 0.29) is 5.69 Å². The van der Waals surface area contributed by atoms with Gasteiger partial charge in [-0.1, -0.05) is 6.07 Å². The molecule has 0 spiro atoms. The van der Waals surface area contributed by atoms with Crippen LogP contribution < -0.4 is 4.74 Å². The van der Waals surface area contributed by atoms with Crippen LogP contribution in [0.3, 0.4) is 0 Å². The van der Waals surface area contributed by atoms with Crippen LogP contribution in [-0.2, 0) is 6.61 Å². The van der Waals surface area contributed by atoms with E-state index in [2.05, 4.69) is 10.2 Å². The Morgan fingerprint density at radius 2 is 2.38 bits per heavy atom. The predicted molar refractivity (Wildman–Crippen MR) is 55.0 cm³/mol. The van der Waals surface area contributed by atoms with Gasteiger partial charge in [0.1, 0.15) is 6.61 Å². The minimum atomic E-state index is -0.444. The Morgan fingerprint density at radius 3 is 3.19 bits per heavy atom. The summed E-state index contributed by atoms with van der Waals surface area (Å²) in [5, 5.41) is 17.6. The molecule has 6 nitrogen and oxygen atoms in total. The van der Waals surface area contributed by atoms with Crippen molar-refractivity contribution in [2.75, 3.05) is 0 Å². The van der Waals surface area contributed by atoms with E-state index in [1.165, 1.54) is 6.07 Å². The maximum absolute atomic E-state index is 10.8. The van der Waals surface area contributed by atoms with E-state index in [4.69, 9.17) is 4.74 Å². The van der Waals surface area contributed by atoms with Gasteiger partial charge in [0.25, 0.3) is 0 Å². The van der Waals surface area contributed by atoms with Gasteiger partial charge in [0.15, 0.2) is 0 Å². The smallest absolute Gasteiger partial charge is 0.311 e. The van der Waals surface area contributed by atoms with Crippen molar-refractivity contribution in [1.82, 2.24) is 10.2 Å². The molecule has 1 aromatic heterocycles. The lowest BCUT2D eigenvalue weighted by molar-refractivity contribution is -0.385. The van der Waals surface area contributed by atoms with Crippen molar-refractivity contribution < 1.29 is 9.66 Å². The number of nitro benzene ring substituents is 1. The molecular weight excluding hydrogens is 210 g/mol. The predicted octanol–water partition coefficient (Wildman–Crippen LogP) is 1.88. The van der Waals surface area contributed by atoms with Crippen LogP contribution in [-0.4, -0.2) is 15.1 Å². The lowest BCUT2D eigenvalue weighted by Gasteiger charge is -2.16. The molecule has 1 aromatic carbocycles. The van der Waals surface area contributed by atoms with Gasteiger partial charge in [-0.2, -0.15) is 5.10 Å². The number of hydrogen-bond donors (Lipinski definition) is 1. The molecule has 0 radical (unpaired) electrons. The number of nitrogens with zero attached hydrogens (tertiary/aromatic N) is 2. The van der Waals surface area contributed by atoms with Crippen LogP contribution in [0.1, 0.15) is 5.56 Å². The number of ether oxygens (including phenoxy) is 1. The van der Waals surface area contributed by atoms with Gasteiger partial charge in [-0.25, -0.2) is 0 Å². The summed E-state index contributed by atoms with van der Waals surface area (Å²) in [6, 6.07) is 4.84. The molecule has 0 amide bonds. The first-order valence-electron chi connectivity index (χ1n) is 4.70. The molecule has 0 fully saturated rings. The van der Waals surface area contributed by atoms with E-state index in [0.29, 0.717) is 17.9 Å². The summed E-state index contributed by atoms with van der Waals surface area (Å²) < 4.78 is 5.40. The van der Waals surface area contributed by atoms with E-state index in [9.17, 15) is 10.1 Å². The van der Waals surface area contributed by atoms with Gasteiger partial charge in [-0.05, 0) is 6.07 Å². The van der Waals surface area contributed by atoms with Gasteiger partial charge >= 0.3 is 5.69 Å². The van der Waals surface area contributed by atoms with Gasteiger partial charge in [-0.3, -0.25) is 15.2 Å². The van der Waals surface area contributed by atoms with E-state index in [0.717, 1.165) is 11.3 Å². The monoisotopic (exact) mass is 217 g/mol. The van der Waals surface area contributed by atoms with Gasteiger partial charge in [-0.15, -0.1) is 0 Å². The molecule has 6 heteroatoms. The second-order valence-corrected chi connectivity index (χ2v) is 3.47. The SMILES string of the molecule is O=[N+]([O-])c1cccc2c1OCc1cn[nH]c1-2. The number of hydrogen-bond acceptors (Lipinski definition) is 4. The quantitative estimate of drug-likeness (QED) is 0.584. The zero-order valence-corrected chi connectivity index (χ0v) is 8.14. The fourth-order valence-corrected chi connectivity index (χ4v) is 1.82. The molecule has 1 N–H and O–H groups in total. The Balaban J connectivity index is 2.27. The second kappa shape index (κ2) is 3.06. The third kappa shape index (κ3) is 1.10. The van der Waals surface area contributed by atoms with Crippen LogP contribution >= 0.6 is 0 Å². The second-order valence-electron chi connectivity index (χ2n) is 3.47. The first-order valence-corrected chi connectivity index (χ1v) is 4.70. The molecule has 0 aliphatic carbocycles. The Hall–Kier alpha value is -2.37. The maximum atomic E-state index is 10.8. The number of nitrogens with one attached hydrogen (secondary N) is 1. The van der Waals surface area contributed by atoms with Crippen molar-refractivity contribution in [2.24, 2.45) is 0 Å². The summed E-state index contributed by atoms with van der Waals surface area (Å²) in [5.74, 6) is 0.309. The van der Waals surface area contributed by atoms with Crippen molar-refractivity contribution in [3.63, 3.8) is 0 Å². The Morgan fingerprint density at radius 1 is 1.50 bits per heavy atom. The number of aromatic nitrogens is 2. The van der Waals surface area contributed by atoms with Gasteiger partial charge in [0, 0.05) is 17.2 Å². The van der Waals surface area contributed by atoms with E-state index in [1.807, 2.05) is 0 Å². The summed E-state index contributed by atoms with van der Waals surface area (Å²) in [7, 11) is 0. The van der Waals surface area contributed by atoms with E-state index >= 15 is 0 Å². The van der Waals surface area contributed by atoms with Crippen LogP contribution in [0.25, 0.3) is 11.3 Å². The lowest BCUT2D eigenvalue weighted by atomic mass is 10.0. The number of H-pyrrole nitrogens is 1. The van der Waals surface area contributed by atoms with Crippen molar-refractivity contribution in [1.29, 1.82) is 0 Å². The third-order valence-electron chi connectivity index (χ3n) is 2.55. The number of fused-ring (bicyclic) bond motifs is 3. The van der Waals surface area contributed by atoms with Crippen LogP contribution in [0.5, 0.6) is 5.75 Å². The Bertz CT molecular complexity index is 576. The van der Waals surface area contributed by atoms with Crippen LogP contribution in [0.4, 0.5) is 5.69 Å². The molecule has 0 bridgehead atoms. The van der Waals surface area contributed by atoms with E-state index in [1.54, 1.807) is 18.3 Å². The summed E-state index contributed by atoms with van der Waals surface area (Å²) in [4.78, 5) is 10.4. The molecule has 0 saturated heterocycles. The minimum absolute atomic E-state index is 0.0160. The molecule has 0 atom stereocenters. The van der Waals surface area contributed by atoms with Crippen LogP contribution in [0.2, 0.25) is 0 Å². The van der Waals surface area contributed by atoms with Crippen LogP contribution in [0, 0.1) is 10.1 Å². The highest BCUT2D eigenvalue weighted by molar-refractivity contribution is 5.76. The Labute approximate surface area is 90.0 Å². The van der Waals surface area contributed by atoms with Gasteiger partial charge < -0.3 is 4.74 Å². The normalized spacial score (nSPS) is 12.5. The van der Waals surface area contributed by atoms with Gasteiger partial charge in [0.2, 0.25) is 5.75 Å². The number of aromatic amines is 1.